The molecule has 0 unspecified atom stereocenters. The van der Waals surface area contributed by atoms with Crippen molar-refractivity contribution < 1.29 is 9.34 Å². The van der Waals surface area contributed by atoms with Crippen LogP contribution in [0.1, 0.15) is 25.3 Å². The van der Waals surface area contributed by atoms with Gasteiger partial charge in [0.2, 0.25) is 11.8 Å². The van der Waals surface area contributed by atoms with E-state index >= 15 is 0 Å². The van der Waals surface area contributed by atoms with Crippen molar-refractivity contribution in [3.8, 4) is 11.5 Å². The Kier molecular flexibility index (Phi) is 4.09. The second kappa shape index (κ2) is 5.79. The van der Waals surface area contributed by atoms with Crippen LogP contribution in [-0.4, -0.2) is 21.2 Å². The zero-order valence-corrected chi connectivity index (χ0v) is 11.6. The van der Waals surface area contributed by atoms with Crippen molar-refractivity contribution in [2.75, 3.05) is 0 Å². The number of benzene rings is 1. The minimum Gasteiger partial charge on any atom is -0.419 e. The van der Waals surface area contributed by atoms with Gasteiger partial charge in [-0.1, -0.05) is 19.9 Å². The summed E-state index contributed by atoms with van der Waals surface area (Å²) < 4.78 is 5.49. The standard InChI is InChI=1S/C13H16N4O3/c1-8(2)14-7-12-15-16-13(20-12)10-5-4-9(3)11(6-10)17(18)19/h4-6,8,14H,7H2,1-3H3. The smallest absolute Gasteiger partial charge is 0.273 e. The molecule has 0 radical (unpaired) electrons. The van der Waals surface area contributed by atoms with E-state index in [0.29, 0.717) is 29.6 Å². The van der Waals surface area contributed by atoms with E-state index in [2.05, 4.69) is 15.5 Å². The average molecular weight is 276 g/mol. The Morgan fingerprint density at radius 3 is 2.80 bits per heavy atom. The van der Waals surface area contributed by atoms with Crippen molar-refractivity contribution in [1.82, 2.24) is 15.5 Å². The number of nitro groups is 1. The highest BCUT2D eigenvalue weighted by Gasteiger charge is 2.15. The molecule has 1 aromatic carbocycles. The number of nitrogens with one attached hydrogen (secondary N) is 1. The van der Waals surface area contributed by atoms with Crippen LogP contribution in [0.2, 0.25) is 0 Å². The first-order valence-electron chi connectivity index (χ1n) is 6.28. The molecule has 0 saturated carbocycles. The molecule has 0 bridgehead atoms. The summed E-state index contributed by atoms with van der Waals surface area (Å²) in [5.74, 6) is 0.741. The number of nitro benzene ring substituents is 1. The summed E-state index contributed by atoms with van der Waals surface area (Å²) in [6, 6.07) is 5.16. The van der Waals surface area contributed by atoms with Crippen LogP contribution in [0.15, 0.2) is 22.6 Å². The summed E-state index contributed by atoms with van der Waals surface area (Å²) in [6.07, 6.45) is 0. The fraction of sp³-hybridized carbons (Fsp3) is 0.385. The third-order valence-electron chi connectivity index (χ3n) is 2.78. The molecule has 1 heterocycles. The summed E-state index contributed by atoms with van der Waals surface area (Å²) in [5, 5.41) is 21.9. The second-order valence-electron chi connectivity index (χ2n) is 4.79. The fourth-order valence-electron chi connectivity index (χ4n) is 1.67. The topological polar surface area (TPSA) is 94.1 Å². The van der Waals surface area contributed by atoms with Crippen molar-refractivity contribution in [2.24, 2.45) is 0 Å². The molecule has 2 aromatic rings. The number of hydrogen-bond acceptors (Lipinski definition) is 6. The van der Waals surface area contributed by atoms with Crippen LogP contribution in [0.3, 0.4) is 0 Å². The molecule has 0 fully saturated rings. The third kappa shape index (κ3) is 3.18. The van der Waals surface area contributed by atoms with Crippen molar-refractivity contribution in [2.45, 2.75) is 33.4 Å². The molecule has 1 N–H and O–H groups in total. The fourth-order valence-corrected chi connectivity index (χ4v) is 1.67. The van der Waals surface area contributed by atoms with Gasteiger partial charge in [-0.2, -0.15) is 0 Å². The van der Waals surface area contributed by atoms with E-state index in [1.54, 1.807) is 19.1 Å². The maximum absolute atomic E-state index is 10.9. The van der Waals surface area contributed by atoms with E-state index in [9.17, 15) is 10.1 Å². The summed E-state index contributed by atoms with van der Waals surface area (Å²) in [4.78, 5) is 10.5. The van der Waals surface area contributed by atoms with Gasteiger partial charge in [-0.05, 0) is 13.0 Å². The lowest BCUT2D eigenvalue weighted by molar-refractivity contribution is -0.385. The Hall–Kier alpha value is -2.28. The minimum absolute atomic E-state index is 0.0440. The van der Waals surface area contributed by atoms with Gasteiger partial charge in [0.15, 0.2) is 0 Å². The molecule has 2 rings (SSSR count). The molecule has 7 heteroatoms. The van der Waals surface area contributed by atoms with Crippen LogP contribution < -0.4 is 5.32 Å². The maximum atomic E-state index is 10.9. The van der Waals surface area contributed by atoms with Crippen LogP contribution in [-0.2, 0) is 6.54 Å². The Labute approximate surface area is 116 Å². The van der Waals surface area contributed by atoms with Crippen molar-refractivity contribution in [3.63, 3.8) is 0 Å². The van der Waals surface area contributed by atoms with Gasteiger partial charge in [0.1, 0.15) is 0 Å². The number of aromatic nitrogens is 2. The van der Waals surface area contributed by atoms with E-state index in [-0.39, 0.29) is 11.6 Å². The monoisotopic (exact) mass is 276 g/mol. The number of nitrogens with zero attached hydrogens (tertiary/aromatic N) is 3. The average Bonchev–Trinajstić information content (AvgIpc) is 2.85. The van der Waals surface area contributed by atoms with Gasteiger partial charge in [0, 0.05) is 23.2 Å². The predicted molar refractivity (Wildman–Crippen MR) is 73.1 cm³/mol. The summed E-state index contributed by atoms with van der Waals surface area (Å²) >= 11 is 0. The van der Waals surface area contributed by atoms with Crippen molar-refractivity contribution in [1.29, 1.82) is 0 Å². The Bertz CT molecular complexity index is 622. The Morgan fingerprint density at radius 1 is 1.40 bits per heavy atom. The number of hydrogen-bond donors (Lipinski definition) is 1. The molecular weight excluding hydrogens is 260 g/mol. The van der Waals surface area contributed by atoms with Gasteiger partial charge in [0.05, 0.1) is 11.5 Å². The zero-order chi connectivity index (χ0) is 14.7. The van der Waals surface area contributed by atoms with Gasteiger partial charge in [-0.15, -0.1) is 10.2 Å². The van der Waals surface area contributed by atoms with Crippen LogP contribution >= 0.6 is 0 Å². The summed E-state index contributed by atoms with van der Waals surface area (Å²) in [7, 11) is 0. The van der Waals surface area contributed by atoms with Crippen LogP contribution in [0.25, 0.3) is 11.5 Å². The van der Waals surface area contributed by atoms with Gasteiger partial charge in [-0.25, -0.2) is 0 Å². The normalized spacial score (nSPS) is 11.0. The Morgan fingerprint density at radius 2 is 2.15 bits per heavy atom. The summed E-state index contributed by atoms with van der Waals surface area (Å²) in [6.45, 7) is 6.19. The largest absolute Gasteiger partial charge is 0.419 e. The third-order valence-corrected chi connectivity index (χ3v) is 2.78. The zero-order valence-electron chi connectivity index (χ0n) is 11.6. The van der Waals surface area contributed by atoms with Crippen LogP contribution in [0, 0.1) is 17.0 Å². The lowest BCUT2D eigenvalue weighted by Crippen LogP contribution is -2.21. The summed E-state index contributed by atoms with van der Waals surface area (Å²) in [5.41, 5.74) is 1.19. The van der Waals surface area contributed by atoms with Crippen molar-refractivity contribution in [3.05, 3.63) is 39.8 Å². The molecule has 7 nitrogen and oxygen atoms in total. The first kappa shape index (κ1) is 14.1. The van der Waals surface area contributed by atoms with Crippen LogP contribution in [0.4, 0.5) is 5.69 Å². The quantitative estimate of drug-likeness (QED) is 0.665. The van der Waals surface area contributed by atoms with E-state index in [1.807, 2.05) is 13.8 Å². The lowest BCUT2D eigenvalue weighted by Gasteiger charge is -2.03. The number of aryl methyl sites for hydroxylation is 1. The first-order valence-corrected chi connectivity index (χ1v) is 6.28. The number of rotatable bonds is 5. The molecule has 20 heavy (non-hydrogen) atoms. The van der Waals surface area contributed by atoms with Crippen LogP contribution in [0.5, 0.6) is 0 Å². The highest BCUT2D eigenvalue weighted by atomic mass is 16.6. The molecule has 0 saturated heterocycles. The van der Waals surface area contributed by atoms with Crippen molar-refractivity contribution >= 4 is 5.69 Å². The van der Waals surface area contributed by atoms with Gasteiger partial charge in [-0.3, -0.25) is 10.1 Å². The molecule has 1 aromatic heterocycles. The minimum atomic E-state index is -0.420. The maximum Gasteiger partial charge on any atom is 0.273 e. The molecule has 0 spiro atoms. The molecule has 0 atom stereocenters. The Balaban J connectivity index is 2.24. The van der Waals surface area contributed by atoms with Gasteiger partial charge in [0.25, 0.3) is 5.69 Å². The van der Waals surface area contributed by atoms with E-state index in [4.69, 9.17) is 4.42 Å². The highest BCUT2D eigenvalue weighted by Crippen LogP contribution is 2.25. The molecular formula is C13H16N4O3. The lowest BCUT2D eigenvalue weighted by atomic mass is 10.1. The highest BCUT2D eigenvalue weighted by molar-refractivity contribution is 5.59. The van der Waals surface area contributed by atoms with E-state index < -0.39 is 4.92 Å². The SMILES string of the molecule is Cc1ccc(-c2nnc(CNC(C)C)o2)cc1[N+](=O)[O-]. The molecule has 0 amide bonds. The second-order valence-corrected chi connectivity index (χ2v) is 4.79. The molecule has 0 aliphatic rings. The first-order chi connectivity index (χ1) is 9.47. The van der Waals surface area contributed by atoms with Gasteiger partial charge < -0.3 is 9.73 Å². The van der Waals surface area contributed by atoms with E-state index in [0.717, 1.165) is 0 Å². The predicted octanol–water partition coefficient (Wildman–Crippen LogP) is 2.45. The molecule has 0 aliphatic carbocycles. The van der Waals surface area contributed by atoms with E-state index in [1.165, 1.54) is 6.07 Å². The molecule has 106 valence electrons. The van der Waals surface area contributed by atoms with Gasteiger partial charge >= 0.3 is 0 Å². The molecule has 0 aliphatic heterocycles.